The van der Waals surface area contributed by atoms with Crippen LogP contribution in [0.1, 0.15) is 18.2 Å². The van der Waals surface area contributed by atoms with Gasteiger partial charge in [-0.3, -0.25) is 0 Å². The van der Waals surface area contributed by atoms with Crippen molar-refractivity contribution in [2.75, 3.05) is 11.6 Å². The first-order valence-electron chi connectivity index (χ1n) is 7.74. The molecule has 0 bridgehead atoms. The maximum absolute atomic E-state index is 8.86. The normalized spacial score (nSPS) is 10.3. The molecule has 0 spiro atoms. The molecule has 0 saturated carbocycles. The van der Waals surface area contributed by atoms with E-state index in [1.165, 1.54) is 11.8 Å². The van der Waals surface area contributed by atoms with Crippen molar-refractivity contribution >= 4 is 23.4 Å². The Balaban J connectivity index is 1.90. The van der Waals surface area contributed by atoms with E-state index >= 15 is 0 Å². The molecule has 2 heterocycles. The van der Waals surface area contributed by atoms with Crippen LogP contribution in [0.25, 0.3) is 11.3 Å². The lowest BCUT2D eigenvalue weighted by Crippen LogP contribution is -2.01. The van der Waals surface area contributed by atoms with E-state index in [4.69, 9.17) is 5.26 Å². The summed E-state index contributed by atoms with van der Waals surface area (Å²) in [5.74, 6) is 0.484. The first kappa shape index (κ1) is 16.9. The summed E-state index contributed by atoms with van der Waals surface area (Å²) in [5.41, 5.74) is 4.07. The average Bonchev–Trinajstić information content (AvgIpc) is 2.68. The maximum atomic E-state index is 8.86. The molecule has 0 atom stereocenters. The SMILES string of the molecule is CCc1nc(SC)ncc1-c1ccnc(Nc2ccc(C#N)cc2)n1. The van der Waals surface area contributed by atoms with Gasteiger partial charge in [0.2, 0.25) is 5.95 Å². The largest absolute Gasteiger partial charge is 0.324 e. The van der Waals surface area contributed by atoms with Gasteiger partial charge < -0.3 is 5.32 Å². The van der Waals surface area contributed by atoms with Gasteiger partial charge in [-0.2, -0.15) is 5.26 Å². The van der Waals surface area contributed by atoms with Gasteiger partial charge in [-0.25, -0.2) is 19.9 Å². The smallest absolute Gasteiger partial charge is 0.227 e. The minimum atomic E-state index is 0.484. The third kappa shape index (κ3) is 3.92. The molecule has 3 rings (SSSR count). The zero-order chi connectivity index (χ0) is 17.6. The summed E-state index contributed by atoms with van der Waals surface area (Å²) >= 11 is 1.52. The van der Waals surface area contributed by atoms with Gasteiger partial charge in [-0.15, -0.1) is 0 Å². The molecule has 0 amide bonds. The van der Waals surface area contributed by atoms with Crippen LogP contribution in [0.4, 0.5) is 11.6 Å². The number of nitrogens with one attached hydrogen (secondary N) is 1. The van der Waals surface area contributed by atoms with Crippen molar-refractivity contribution < 1.29 is 0 Å². The Morgan fingerprint density at radius 3 is 2.60 bits per heavy atom. The second-order valence-electron chi connectivity index (χ2n) is 5.15. The summed E-state index contributed by atoms with van der Waals surface area (Å²) in [6.07, 6.45) is 6.27. The summed E-state index contributed by atoms with van der Waals surface area (Å²) in [7, 11) is 0. The number of thioether (sulfide) groups is 1. The molecule has 0 unspecified atom stereocenters. The van der Waals surface area contributed by atoms with E-state index < -0.39 is 0 Å². The molecular weight excluding hydrogens is 332 g/mol. The van der Waals surface area contributed by atoms with Crippen molar-refractivity contribution in [1.82, 2.24) is 19.9 Å². The lowest BCUT2D eigenvalue weighted by Gasteiger charge is -2.09. The van der Waals surface area contributed by atoms with E-state index in [-0.39, 0.29) is 0 Å². The van der Waals surface area contributed by atoms with Crippen LogP contribution in [0.3, 0.4) is 0 Å². The first-order valence-corrected chi connectivity index (χ1v) is 8.96. The highest BCUT2D eigenvalue weighted by Crippen LogP contribution is 2.23. The van der Waals surface area contributed by atoms with Crippen LogP contribution >= 0.6 is 11.8 Å². The van der Waals surface area contributed by atoms with Gasteiger partial charge in [0.1, 0.15) is 0 Å². The van der Waals surface area contributed by atoms with Gasteiger partial charge in [-0.1, -0.05) is 18.7 Å². The minimum Gasteiger partial charge on any atom is -0.324 e. The molecule has 0 fully saturated rings. The fraction of sp³-hybridized carbons (Fsp3) is 0.167. The number of rotatable bonds is 5. The van der Waals surface area contributed by atoms with Crippen molar-refractivity contribution in [1.29, 1.82) is 5.26 Å². The minimum absolute atomic E-state index is 0.484. The molecule has 124 valence electrons. The van der Waals surface area contributed by atoms with Crippen LogP contribution in [0.15, 0.2) is 47.9 Å². The Hall–Kier alpha value is -2.98. The first-order chi connectivity index (χ1) is 12.2. The second-order valence-corrected chi connectivity index (χ2v) is 5.92. The van der Waals surface area contributed by atoms with Gasteiger partial charge in [0, 0.05) is 23.6 Å². The van der Waals surface area contributed by atoms with Crippen LogP contribution in [0.5, 0.6) is 0 Å². The Labute approximate surface area is 150 Å². The van der Waals surface area contributed by atoms with Crippen molar-refractivity contribution in [3.8, 4) is 17.3 Å². The number of hydrogen-bond donors (Lipinski definition) is 1. The number of nitrogens with zero attached hydrogens (tertiary/aromatic N) is 5. The van der Waals surface area contributed by atoms with Crippen LogP contribution in [0, 0.1) is 11.3 Å². The maximum Gasteiger partial charge on any atom is 0.227 e. The highest BCUT2D eigenvalue weighted by molar-refractivity contribution is 7.98. The molecule has 1 aromatic carbocycles. The molecule has 6 nitrogen and oxygen atoms in total. The molecule has 2 aromatic heterocycles. The average molecular weight is 348 g/mol. The van der Waals surface area contributed by atoms with Crippen molar-refractivity contribution in [3.05, 3.63) is 54.0 Å². The summed E-state index contributed by atoms with van der Waals surface area (Å²) in [5, 5.41) is 12.8. The van der Waals surface area contributed by atoms with E-state index in [0.717, 1.165) is 34.2 Å². The Bertz CT molecular complexity index is 918. The second kappa shape index (κ2) is 7.73. The fourth-order valence-electron chi connectivity index (χ4n) is 2.31. The third-order valence-corrected chi connectivity index (χ3v) is 4.13. The van der Waals surface area contributed by atoms with E-state index in [1.54, 1.807) is 18.3 Å². The Morgan fingerprint density at radius 2 is 1.92 bits per heavy atom. The van der Waals surface area contributed by atoms with E-state index in [9.17, 15) is 0 Å². The molecule has 0 radical (unpaired) electrons. The molecule has 3 aromatic rings. The van der Waals surface area contributed by atoms with Gasteiger partial charge in [0.05, 0.1) is 23.0 Å². The molecule has 0 aliphatic rings. The summed E-state index contributed by atoms with van der Waals surface area (Å²) in [6, 6.07) is 11.1. The van der Waals surface area contributed by atoms with Gasteiger partial charge in [-0.05, 0) is 43.0 Å². The summed E-state index contributed by atoms with van der Waals surface area (Å²) in [6.45, 7) is 2.06. The quantitative estimate of drug-likeness (QED) is 0.554. The zero-order valence-electron chi connectivity index (χ0n) is 13.9. The van der Waals surface area contributed by atoms with Gasteiger partial charge >= 0.3 is 0 Å². The molecule has 7 heteroatoms. The number of benzene rings is 1. The molecule has 1 N–H and O–H groups in total. The zero-order valence-corrected chi connectivity index (χ0v) is 14.7. The lowest BCUT2D eigenvalue weighted by molar-refractivity contribution is 0.893. The van der Waals surface area contributed by atoms with Crippen molar-refractivity contribution in [3.63, 3.8) is 0 Å². The lowest BCUT2D eigenvalue weighted by atomic mass is 10.1. The molecule has 0 saturated heterocycles. The highest BCUT2D eigenvalue weighted by Gasteiger charge is 2.10. The third-order valence-electron chi connectivity index (χ3n) is 3.56. The summed E-state index contributed by atoms with van der Waals surface area (Å²) in [4.78, 5) is 17.7. The van der Waals surface area contributed by atoms with Crippen LogP contribution < -0.4 is 5.32 Å². The Kier molecular flexibility index (Phi) is 5.21. The van der Waals surface area contributed by atoms with Gasteiger partial charge in [0.15, 0.2) is 5.16 Å². The number of aromatic nitrogens is 4. The van der Waals surface area contributed by atoms with Crippen LogP contribution in [0.2, 0.25) is 0 Å². The highest BCUT2D eigenvalue weighted by atomic mass is 32.2. The molecule has 0 aliphatic carbocycles. The number of nitriles is 1. The van der Waals surface area contributed by atoms with Gasteiger partial charge in [0.25, 0.3) is 0 Å². The van der Waals surface area contributed by atoms with Crippen LogP contribution in [-0.2, 0) is 6.42 Å². The molecule has 0 aliphatic heterocycles. The van der Waals surface area contributed by atoms with E-state index in [2.05, 4.69) is 38.2 Å². The van der Waals surface area contributed by atoms with E-state index in [1.807, 2.05) is 30.7 Å². The fourth-order valence-corrected chi connectivity index (χ4v) is 2.67. The number of hydrogen-bond acceptors (Lipinski definition) is 7. The van der Waals surface area contributed by atoms with Crippen molar-refractivity contribution in [2.45, 2.75) is 18.5 Å². The van der Waals surface area contributed by atoms with Crippen molar-refractivity contribution in [2.24, 2.45) is 0 Å². The Morgan fingerprint density at radius 1 is 1.12 bits per heavy atom. The predicted molar refractivity (Wildman–Crippen MR) is 98.7 cm³/mol. The standard InChI is InChI=1S/C18H16N6S/c1-3-15-14(11-21-18(24-15)25-2)16-8-9-20-17(23-16)22-13-6-4-12(10-19)5-7-13/h4-9,11H,3H2,1-2H3,(H,20,22,23). The monoisotopic (exact) mass is 348 g/mol. The number of anilines is 2. The molecule has 25 heavy (non-hydrogen) atoms. The van der Waals surface area contributed by atoms with E-state index in [0.29, 0.717) is 11.5 Å². The van der Waals surface area contributed by atoms with Crippen LogP contribution in [-0.4, -0.2) is 26.2 Å². The summed E-state index contributed by atoms with van der Waals surface area (Å²) < 4.78 is 0. The molecular formula is C18H16N6S. The number of aryl methyl sites for hydroxylation is 1. The topological polar surface area (TPSA) is 87.4 Å². The predicted octanol–water partition coefficient (Wildman–Crippen LogP) is 3.83.